The molecule has 0 fully saturated rings. The summed E-state index contributed by atoms with van der Waals surface area (Å²) in [6.07, 6.45) is 0. The van der Waals surface area contributed by atoms with Crippen LogP contribution in [0.1, 0.15) is 39.7 Å². The Morgan fingerprint density at radius 2 is 2.12 bits per heavy atom. The molecule has 2 aromatic heterocycles. The van der Waals surface area contributed by atoms with E-state index in [9.17, 15) is 0 Å². The molecule has 1 N–H and O–H groups in total. The van der Waals surface area contributed by atoms with E-state index in [0.717, 1.165) is 18.0 Å². The molecular formula is C13H18N2OS. The first-order valence-corrected chi connectivity index (χ1v) is 6.61. The van der Waals surface area contributed by atoms with Crippen LogP contribution < -0.4 is 5.32 Å². The highest BCUT2D eigenvalue weighted by atomic mass is 32.1. The van der Waals surface area contributed by atoms with Crippen molar-refractivity contribution in [1.82, 2.24) is 10.5 Å². The van der Waals surface area contributed by atoms with Crippen LogP contribution in [0, 0.1) is 20.8 Å². The van der Waals surface area contributed by atoms with Crippen LogP contribution in [0.5, 0.6) is 0 Å². The molecule has 2 aromatic rings. The van der Waals surface area contributed by atoms with Crippen LogP contribution >= 0.6 is 11.3 Å². The monoisotopic (exact) mass is 250 g/mol. The van der Waals surface area contributed by atoms with Gasteiger partial charge in [0.2, 0.25) is 0 Å². The topological polar surface area (TPSA) is 38.1 Å². The summed E-state index contributed by atoms with van der Waals surface area (Å²) >= 11 is 1.83. The van der Waals surface area contributed by atoms with Crippen LogP contribution in [-0.2, 0) is 6.54 Å². The maximum atomic E-state index is 5.19. The zero-order chi connectivity index (χ0) is 12.4. The Bertz CT molecular complexity index is 482. The third-order valence-corrected chi connectivity index (χ3v) is 3.90. The summed E-state index contributed by atoms with van der Waals surface area (Å²) in [5.74, 6) is 0.907. The molecule has 17 heavy (non-hydrogen) atoms. The molecule has 0 saturated heterocycles. The average molecular weight is 250 g/mol. The van der Waals surface area contributed by atoms with E-state index in [1.165, 1.54) is 15.3 Å². The SMILES string of the molecule is Cc1ccc(CNC(C)c2c(C)noc2C)s1. The molecule has 0 bridgehead atoms. The van der Waals surface area contributed by atoms with E-state index in [4.69, 9.17) is 4.52 Å². The van der Waals surface area contributed by atoms with E-state index in [2.05, 4.69) is 36.5 Å². The molecular weight excluding hydrogens is 232 g/mol. The van der Waals surface area contributed by atoms with Crippen LogP contribution in [0.4, 0.5) is 0 Å². The van der Waals surface area contributed by atoms with Gasteiger partial charge in [0.05, 0.1) is 5.69 Å². The second kappa shape index (κ2) is 5.02. The van der Waals surface area contributed by atoms with Crippen LogP contribution in [0.2, 0.25) is 0 Å². The molecule has 0 aliphatic rings. The number of nitrogens with zero attached hydrogens (tertiary/aromatic N) is 1. The van der Waals surface area contributed by atoms with Crippen molar-refractivity contribution in [3.05, 3.63) is 38.9 Å². The van der Waals surface area contributed by atoms with Crippen molar-refractivity contribution >= 4 is 11.3 Å². The summed E-state index contributed by atoms with van der Waals surface area (Å²) in [5.41, 5.74) is 2.16. The standard InChI is InChI=1S/C13H18N2OS/c1-8-5-6-12(17-8)7-14-9(2)13-10(3)15-16-11(13)4/h5-6,9,14H,7H2,1-4H3. The van der Waals surface area contributed by atoms with E-state index >= 15 is 0 Å². The molecule has 1 atom stereocenters. The summed E-state index contributed by atoms with van der Waals surface area (Å²) in [6.45, 7) is 9.12. The Hall–Kier alpha value is -1.13. The van der Waals surface area contributed by atoms with Gasteiger partial charge in [-0.25, -0.2) is 0 Å². The lowest BCUT2D eigenvalue weighted by molar-refractivity contribution is 0.390. The summed E-state index contributed by atoms with van der Waals surface area (Å²) in [6, 6.07) is 4.60. The molecule has 0 spiro atoms. The zero-order valence-corrected chi connectivity index (χ0v) is 11.5. The number of hydrogen-bond acceptors (Lipinski definition) is 4. The minimum Gasteiger partial charge on any atom is -0.361 e. The van der Waals surface area contributed by atoms with E-state index in [-0.39, 0.29) is 6.04 Å². The lowest BCUT2D eigenvalue weighted by atomic mass is 10.1. The average Bonchev–Trinajstić information content (AvgIpc) is 2.83. The fraction of sp³-hybridized carbons (Fsp3) is 0.462. The lowest BCUT2D eigenvalue weighted by Gasteiger charge is -2.12. The summed E-state index contributed by atoms with van der Waals surface area (Å²) in [5, 5.41) is 7.49. The van der Waals surface area contributed by atoms with Gasteiger partial charge in [0, 0.05) is 27.9 Å². The number of thiophene rings is 1. The van der Waals surface area contributed by atoms with Gasteiger partial charge in [0.15, 0.2) is 0 Å². The quantitative estimate of drug-likeness (QED) is 0.902. The minimum absolute atomic E-state index is 0.267. The number of nitrogens with one attached hydrogen (secondary N) is 1. The van der Waals surface area contributed by atoms with Gasteiger partial charge in [-0.3, -0.25) is 0 Å². The highest BCUT2D eigenvalue weighted by Crippen LogP contribution is 2.22. The first kappa shape index (κ1) is 12.3. The van der Waals surface area contributed by atoms with Gasteiger partial charge in [0.1, 0.15) is 5.76 Å². The van der Waals surface area contributed by atoms with Gasteiger partial charge in [-0.15, -0.1) is 11.3 Å². The van der Waals surface area contributed by atoms with Gasteiger partial charge in [-0.2, -0.15) is 0 Å². The maximum Gasteiger partial charge on any atom is 0.138 e. The predicted octanol–water partition coefficient (Wildman–Crippen LogP) is 3.51. The smallest absolute Gasteiger partial charge is 0.138 e. The fourth-order valence-corrected chi connectivity index (χ4v) is 2.89. The highest BCUT2D eigenvalue weighted by molar-refractivity contribution is 7.11. The van der Waals surface area contributed by atoms with Crippen molar-refractivity contribution < 1.29 is 4.52 Å². The fourth-order valence-electron chi connectivity index (χ4n) is 2.04. The molecule has 4 heteroatoms. The van der Waals surface area contributed by atoms with Crippen LogP contribution in [-0.4, -0.2) is 5.16 Å². The Labute approximate surface area is 106 Å². The number of hydrogen-bond donors (Lipinski definition) is 1. The Balaban J connectivity index is 2.00. The molecule has 2 rings (SSSR count). The third kappa shape index (κ3) is 2.76. The van der Waals surface area contributed by atoms with Crippen molar-refractivity contribution in [2.75, 3.05) is 0 Å². The largest absolute Gasteiger partial charge is 0.361 e. The molecule has 2 heterocycles. The van der Waals surface area contributed by atoms with Crippen molar-refractivity contribution in [1.29, 1.82) is 0 Å². The highest BCUT2D eigenvalue weighted by Gasteiger charge is 2.15. The lowest BCUT2D eigenvalue weighted by Crippen LogP contribution is -2.18. The maximum absolute atomic E-state index is 5.19. The van der Waals surface area contributed by atoms with Crippen molar-refractivity contribution in [2.45, 2.75) is 40.3 Å². The number of rotatable bonds is 4. The van der Waals surface area contributed by atoms with E-state index in [0.29, 0.717) is 0 Å². The zero-order valence-electron chi connectivity index (χ0n) is 10.7. The third-order valence-electron chi connectivity index (χ3n) is 2.90. The van der Waals surface area contributed by atoms with Gasteiger partial charge in [0.25, 0.3) is 0 Å². The number of aryl methyl sites for hydroxylation is 3. The second-order valence-corrected chi connectivity index (χ2v) is 5.73. The van der Waals surface area contributed by atoms with Crippen LogP contribution in [0.3, 0.4) is 0 Å². The molecule has 0 aliphatic heterocycles. The molecule has 3 nitrogen and oxygen atoms in total. The molecule has 92 valence electrons. The normalized spacial score (nSPS) is 12.9. The first-order valence-electron chi connectivity index (χ1n) is 5.79. The first-order chi connectivity index (χ1) is 8.08. The Morgan fingerprint density at radius 1 is 1.35 bits per heavy atom. The second-order valence-electron chi connectivity index (χ2n) is 4.35. The summed E-state index contributed by atoms with van der Waals surface area (Å²) in [4.78, 5) is 2.72. The molecule has 0 amide bonds. The van der Waals surface area contributed by atoms with E-state index < -0.39 is 0 Å². The van der Waals surface area contributed by atoms with Gasteiger partial charge in [-0.1, -0.05) is 5.16 Å². The Kier molecular flexibility index (Phi) is 3.64. The molecule has 0 aliphatic carbocycles. The van der Waals surface area contributed by atoms with Crippen molar-refractivity contribution in [3.8, 4) is 0 Å². The summed E-state index contributed by atoms with van der Waals surface area (Å²) in [7, 11) is 0. The van der Waals surface area contributed by atoms with E-state index in [1.54, 1.807) is 0 Å². The molecule has 0 radical (unpaired) electrons. The van der Waals surface area contributed by atoms with Gasteiger partial charge < -0.3 is 9.84 Å². The van der Waals surface area contributed by atoms with Crippen LogP contribution in [0.15, 0.2) is 16.7 Å². The minimum atomic E-state index is 0.267. The van der Waals surface area contributed by atoms with Gasteiger partial charge >= 0.3 is 0 Å². The molecule has 0 aromatic carbocycles. The van der Waals surface area contributed by atoms with Crippen molar-refractivity contribution in [2.24, 2.45) is 0 Å². The molecule has 1 unspecified atom stereocenters. The number of aromatic nitrogens is 1. The van der Waals surface area contributed by atoms with Gasteiger partial charge in [-0.05, 0) is 39.8 Å². The predicted molar refractivity (Wildman–Crippen MR) is 70.3 cm³/mol. The van der Waals surface area contributed by atoms with E-state index in [1.807, 2.05) is 25.2 Å². The molecule has 0 saturated carbocycles. The Morgan fingerprint density at radius 3 is 2.65 bits per heavy atom. The summed E-state index contributed by atoms with van der Waals surface area (Å²) < 4.78 is 5.19. The van der Waals surface area contributed by atoms with Crippen molar-refractivity contribution in [3.63, 3.8) is 0 Å². The van der Waals surface area contributed by atoms with Crippen LogP contribution in [0.25, 0.3) is 0 Å².